The standard InChI is InChI=1S/C24H30N4O6/c1-24(23(31)26-16-9-5-6-10-16)13-27-14-25-18(22(30)34-4)19(27)21(29)28(24)12-15-8-7-11-17(32-2)20(15)33-3/h7-8,11,14,16H,5-6,9-10,12-13H2,1-4H3,(H,26,31). The van der Waals surface area contributed by atoms with E-state index in [1.54, 1.807) is 23.6 Å². The lowest BCUT2D eigenvalue weighted by Crippen LogP contribution is -2.64. The van der Waals surface area contributed by atoms with Crippen molar-refractivity contribution in [2.45, 2.75) is 57.3 Å². The Balaban J connectivity index is 1.77. The van der Waals surface area contributed by atoms with E-state index in [1.807, 2.05) is 6.07 Å². The summed E-state index contributed by atoms with van der Waals surface area (Å²) in [6, 6.07) is 5.46. The molecule has 182 valence electrons. The number of carbonyl (C=O) groups is 3. The van der Waals surface area contributed by atoms with Crippen LogP contribution in [0.5, 0.6) is 11.5 Å². The number of benzene rings is 1. The maximum Gasteiger partial charge on any atom is 0.359 e. The van der Waals surface area contributed by atoms with Gasteiger partial charge in [0.05, 0.1) is 40.7 Å². The van der Waals surface area contributed by atoms with Gasteiger partial charge in [0.2, 0.25) is 5.91 Å². The Bertz CT molecular complexity index is 1110. The van der Waals surface area contributed by atoms with E-state index in [2.05, 4.69) is 10.3 Å². The van der Waals surface area contributed by atoms with Crippen molar-refractivity contribution in [1.29, 1.82) is 0 Å². The molecule has 2 amide bonds. The molecule has 1 fully saturated rings. The second kappa shape index (κ2) is 9.36. The van der Waals surface area contributed by atoms with Gasteiger partial charge in [0.15, 0.2) is 17.2 Å². The topological polar surface area (TPSA) is 112 Å². The van der Waals surface area contributed by atoms with E-state index < -0.39 is 17.4 Å². The van der Waals surface area contributed by atoms with Crippen LogP contribution in [0.15, 0.2) is 24.5 Å². The summed E-state index contributed by atoms with van der Waals surface area (Å²) in [6.07, 6.45) is 5.38. The first-order valence-electron chi connectivity index (χ1n) is 11.3. The predicted molar refractivity (Wildman–Crippen MR) is 122 cm³/mol. The highest BCUT2D eigenvalue weighted by molar-refractivity contribution is 6.06. The van der Waals surface area contributed by atoms with Gasteiger partial charge in [-0.2, -0.15) is 0 Å². The van der Waals surface area contributed by atoms with Crippen molar-refractivity contribution in [2.75, 3.05) is 21.3 Å². The van der Waals surface area contributed by atoms with Crippen LogP contribution >= 0.6 is 0 Å². The van der Waals surface area contributed by atoms with Gasteiger partial charge in [-0.25, -0.2) is 9.78 Å². The fraction of sp³-hybridized carbons (Fsp3) is 0.500. The van der Waals surface area contributed by atoms with Crippen molar-refractivity contribution in [3.05, 3.63) is 41.5 Å². The smallest absolute Gasteiger partial charge is 0.359 e. The van der Waals surface area contributed by atoms with Gasteiger partial charge in [-0.15, -0.1) is 0 Å². The number of nitrogens with zero attached hydrogens (tertiary/aromatic N) is 3. The monoisotopic (exact) mass is 470 g/mol. The highest BCUT2D eigenvalue weighted by Gasteiger charge is 2.49. The maximum absolute atomic E-state index is 13.8. The average molecular weight is 471 g/mol. The molecule has 1 unspecified atom stereocenters. The lowest BCUT2D eigenvalue weighted by Gasteiger charge is -2.44. The van der Waals surface area contributed by atoms with Crippen molar-refractivity contribution < 1.29 is 28.6 Å². The summed E-state index contributed by atoms with van der Waals surface area (Å²) in [5, 5.41) is 3.13. The van der Waals surface area contributed by atoms with Crippen LogP contribution in [0.1, 0.15) is 59.1 Å². The fourth-order valence-electron chi connectivity index (χ4n) is 4.84. The molecule has 1 saturated carbocycles. The molecule has 4 rings (SSSR count). The lowest BCUT2D eigenvalue weighted by atomic mass is 9.92. The first-order chi connectivity index (χ1) is 16.3. The maximum atomic E-state index is 13.8. The second-order valence-corrected chi connectivity index (χ2v) is 8.83. The minimum Gasteiger partial charge on any atom is -0.493 e. The van der Waals surface area contributed by atoms with Crippen LogP contribution in [-0.4, -0.2) is 65.1 Å². The fourth-order valence-corrected chi connectivity index (χ4v) is 4.84. The van der Waals surface area contributed by atoms with E-state index in [1.165, 1.54) is 32.6 Å². The molecular formula is C24H30N4O6. The Labute approximate surface area is 198 Å². The van der Waals surface area contributed by atoms with E-state index in [0.717, 1.165) is 25.7 Å². The zero-order valence-corrected chi connectivity index (χ0v) is 19.9. The summed E-state index contributed by atoms with van der Waals surface area (Å²) in [7, 11) is 4.29. The first-order valence-corrected chi connectivity index (χ1v) is 11.3. The van der Waals surface area contributed by atoms with E-state index in [-0.39, 0.29) is 36.4 Å². The van der Waals surface area contributed by atoms with Gasteiger partial charge in [0.1, 0.15) is 11.2 Å². The van der Waals surface area contributed by atoms with Crippen molar-refractivity contribution in [3.63, 3.8) is 0 Å². The van der Waals surface area contributed by atoms with E-state index in [0.29, 0.717) is 17.1 Å². The van der Waals surface area contributed by atoms with Crippen LogP contribution < -0.4 is 14.8 Å². The summed E-state index contributed by atoms with van der Waals surface area (Å²) in [5.74, 6) is -0.447. The number of para-hydroxylation sites is 1. The number of ether oxygens (including phenoxy) is 3. The molecule has 0 bridgehead atoms. The van der Waals surface area contributed by atoms with E-state index >= 15 is 0 Å². The Morgan fingerprint density at radius 2 is 1.91 bits per heavy atom. The molecule has 34 heavy (non-hydrogen) atoms. The number of amides is 2. The molecule has 1 aromatic carbocycles. The van der Waals surface area contributed by atoms with Crippen LogP contribution in [0.4, 0.5) is 0 Å². The molecule has 10 heteroatoms. The normalized spacial score (nSPS) is 20.1. The summed E-state index contributed by atoms with van der Waals surface area (Å²) in [5.41, 5.74) is -0.537. The molecular weight excluding hydrogens is 440 g/mol. The Morgan fingerprint density at radius 3 is 2.56 bits per heavy atom. The number of fused-ring (bicyclic) bond motifs is 1. The molecule has 1 aliphatic heterocycles. The summed E-state index contributed by atoms with van der Waals surface area (Å²) >= 11 is 0. The Hall–Kier alpha value is -3.56. The van der Waals surface area contributed by atoms with Gasteiger partial charge in [-0.05, 0) is 25.8 Å². The molecule has 2 heterocycles. The number of hydrogen-bond acceptors (Lipinski definition) is 7. The van der Waals surface area contributed by atoms with Crippen LogP contribution in [-0.2, 0) is 22.6 Å². The minimum atomic E-state index is -1.23. The molecule has 1 aromatic heterocycles. The highest BCUT2D eigenvalue weighted by atomic mass is 16.5. The minimum absolute atomic E-state index is 0.0690. The summed E-state index contributed by atoms with van der Waals surface area (Å²) in [6.45, 7) is 1.95. The van der Waals surface area contributed by atoms with E-state index in [9.17, 15) is 14.4 Å². The number of methoxy groups -OCH3 is 3. The Morgan fingerprint density at radius 1 is 1.18 bits per heavy atom. The van der Waals surface area contributed by atoms with Gasteiger partial charge in [-0.1, -0.05) is 25.0 Å². The molecule has 10 nitrogen and oxygen atoms in total. The van der Waals surface area contributed by atoms with Crippen molar-refractivity contribution in [3.8, 4) is 11.5 Å². The molecule has 0 radical (unpaired) electrons. The van der Waals surface area contributed by atoms with Crippen molar-refractivity contribution >= 4 is 17.8 Å². The number of imidazole rings is 1. The molecule has 2 aliphatic rings. The van der Waals surface area contributed by atoms with Gasteiger partial charge in [0, 0.05) is 11.6 Å². The molecule has 0 saturated heterocycles. The molecule has 1 aliphatic carbocycles. The van der Waals surface area contributed by atoms with Crippen molar-refractivity contribution in [2.24, 2.45) is 0 Å². The largest absolute Gasteiger partial charge is 0.493 e. The van der Waals surface area contributed by atoms with Crippen LogP contribution in [0.25, 0.3) is 0 Å². The molecule has 2 aromatic rings. The lowest BCUT2D eigenvalue weighted by molar-refractivity contribution is -0.134. The average Bonchev–Trinajstić information content (AvgIpc) is 3.50. The predicted octanol–water partition coefficient (Wildman–Crippen LogP) is 2.16. The number of esters is 1. The number of nitrogens with one attached hydrogen (secondary N) is 1. The van der Waals surface area contributed by atoms with Crippen LogP contribution in [0.2, 0.25) is 0 Å². The van der Waals surface area contributed by atoms with Gasteiger partial charge in [0.25, 0.3) is 5.91 Å². The van der Waals surface area contributed by atoms with Gasteiger partial charge >= 0.3 is 5.97 Å². The van der Waals surface area contributed by atoms with Crippen molar-refractivity contribution in [1.82, 2.24) is 19.8 Å². The number of hydrogen-bond donors (Lipinski definition) is 1. The highest BCUT2D eigenvalue weighted by Crippen LogP contribution is 2.36. The van der Waals surface area contributed by atoms with Gasteiger partial charge < -0.3 is 29.0 Å². The Kier molecular flexibility index (Phi) is 6.49. The first kappa shape index (κ1) is 23.6. The van der Waals surface area contributed by atoms with Gasteiger partial charge in [-0.3, -0.25) is 9.59 Å². The third kappa shape index (κ3) is 3.97. The summed E-state index contributed by atoms with van der Waals surface area (Å²) in [4.78, 5) is 45.3. The van der Waals surface area contributed by atoms with E-state index in [4.69, 9.17) is 14.2 Å². The second-order valence-electron chi connectivity index (χ2n) is 8.83. The number of carbonyl (C=O) groups excluding carboxylic acids is 3. The molecule has 1 N–H and O–H groups in total. The van der Waals surface area contributed by atoms with Crippen LogP contribution in [0, 0.1) is 0 Å². The number of rotatable bonds is 7. The third-order valence-corrected chi connectivity index (χ3v) is 6.73. The third-order valence-electron chi connectivity index (χ3n) is 6.73. The van der Waals surface area contributed by atoms with Crippen LogP contribution in [0.3, 0.4) is 0 Å². The SMILES string of the molecule is COC(=O)c1ncn2c1C(=O)N(Cc1cccc(OC)c1OC)C(C)(C(=O)NC1CCCC1)C2. The zero-order chi connectivity index (χ0) is 24.5. The molecule has 0 spiro atoms. The summed E-state index contributed by atoms with van der Waals surface area (Å²) < 4.78 is 17.3. The number of aromatic nitrogens is 2. The zero-order valence-electron chi connectivity index (χ0n) is 19.9. The molecule has 1 atom stereocenters. The quantitative estimate of drug-likeness (QED) is 0.617.